The topological polar surface area (TPSA) is 43.1 Å². The zero-order valence-electron chi connectivity index (χ0n) is 4.94. The fourth-order valence-electron chi connectivity index (χ4n) is 0.267. The molecule has 0 saturated carbocycles. The van der Waals surface area contributed by atoms with Gasteiger partial charge in [-0.05, 0) is 0 Å². The van der Waals surface area contributed by atoms with Crippen molar-refractivity contribution in [2.45, 2.75) is 12.6 Å². The van der Waals surface area contributed by atoms with Crippen molar-refractivity contribution in [2.24, 2.45) is 5.73 Å². The van der Waals surface area contributed by atoms with E-state index in [0.29, 0.717) is 11.8 Å². The fraction of sp³-hybridized carbons (Fsp3) is 0.750. The summed E-state index contributed by atoms with van der Waals surface area (Å²) in [6.45, 7) is 0. The number of carbonyl (C=O) groups is 1. The number of amides is 1. The van der Waals surface area contributed by atoms with E-state index in [2.05, 4.69) is 5.73 Å². The van der Waals surface area contributed by atoms with E-state index in [-0.39, 0.29) is 5.75 Å². The molecule has 0 aromatic carbocycles. The van der Waals surface area contributed by atoms with Crippen LogP contribution in [0.25, 0.3) is 0 Å². The summed E-state index contributed by atoms with van der Waals surface area (Å²) in [6, 6.07) is 0. The Kier molecular flexibility index (Phi) is 3.55. The molecule has 0 bridgehead atoms. The maximum Gasteiger partial charge on any atom is 0.389 e. The molecule has 0 unspecified atom stereocenters. The second kappa shape index (κ2) is 3.70. The largest absolute Gasteiger partial charge is 0.389 e. The molecular formula is C4H6F3NOS. The van der Waals surface area contributed by atoms with Gasteiger partial charge in [0.15, 0.2) is 0 Å². The van der Waals surface area contributed by atoms with Gasteiger partial charge in [-0.15, -0.1) is 0 Å². The lowest BCUT2D eigenvalue weighted by Crippen LogP contribution is -2.11. The minimum absolute atomic E-state index is 0.293. The van der Waals surface area contributed by atoms with E-state index in [1.165, 1.54) is 0 Å². The Morgan fingerprint density at radius 2 is 2.00 bits per heavy atom. The van der Waals surface area contributed by atoms with Gasteiger partial charge in [-0.25, -0.2) is 0 Å². The van der Waals surface area contributed by atoms with Gasteiger partial charge in [-0.3, -0.25) is 4.79 Å². The first-order chi connectivity index (χ1) is 4.42. The van der Waals surface area contributed by atoms with E-state index < -0.39 is 17.8 Å². The van der Waals surface area contributed by atoms with Crippen LogP contribution < -0.4 is 5.73 Å². The number of nitrogens with two attached hydrogens (primary N) is 1. The Morgan fingerprint density at radius 1 is 1.50 bits per heavy atom. The Bertz CT molecular complexity index is 124. The van der Waals surface area contributed by atoms with Gasteiger partial charge >= 0.3 is 6.18 Å². The zero-order valence-corrected chi connectivity index (χ0v) is 5.76. The molecule has 0 aromatic heterocycles. The summed E-state index contributed by atoms with van der Waals surface area (Å²) >= 11 is 0.477. The van der Waals surface area contributed by atoms with Crippen molar-refractivity contribution in [1.29, 1.82) is 0 Å². The van der Waals surface area contributed by atoms with Gasteiger partial charge in [0.25, 0.3) is 5.24 Å². The molecule has 0 aromatic rings. The molecule has 0 atom stereocenters. The lowest BCUT2D eigenvalue weighted by Gasteiger charge is -2.02. The summed E-state index contributed by atoms with van der Waals surface area (Å²) < 4.78 is 34.0. The number of rotatable bonds is 2. The van der Waals surface area contributed by atoms with Gasteiger partial charge < -0.3 is 5.73 Å². The van der Waals surface area contributed by atoms with Crippen LogP contribution in [0.15, 0.2) is 0 Å². The third-order valence-electron chi connectivity index (χ3n) is 0.630. The number of carbonyl (C=O) groups excluding carboxylic acids is 1. The van der Waals surface area contributed by atoms with E-state index in [1.54, 1.807) is 0 Å². The number of hydrogen-bond donors (Lipinski definition) is 1. The molecule has 0 rings (SSSR count). The third kappa shape index (κ3) is 7.61. The summed E-state index contributed by atoms with van der Waals surface area (Å²) in [7, 11) is 0. The van der Waals surface area contributed by atoms with Gasteiger partial charge in [0.05, 0.1) is 6.42 Å². The van der Waals surface area contributed by atoms with E-state index in [0.717, 1.165) is 0 Å². The molecule has 0 radical (unpaired) electrons. The minimum atomic E-state index is -4.19. The average molecular weight is 173 g/mol. The molecule has 0 fully saturated rings. The van der Waals surface area contributed by atoms with Crippen LogP contribution in [0.5, 0.6) is 0 Å². The lowest BCUT2D eigenvalue weighted by atomic mass is 10.5. The molecule has 60 valence electrons. The van der Waals surface area contributed by atoms with Crippen molar-refractivity contribution in [3.05, 3.63) is 0 Å². The maximum absolute atomic E-state index is 11.3. The summed E-state index contributed by atoms with van der Waals surface area (Å²) in [5.41, 5.74) is 4.58. The van der Waals surface area contributed by atoms with Gasteiger partial charge in [0.2, 0.25) is 0 Å². The highest BCUT2D eigenvalue weighted by Gasteiger charge is 2.26. The van der Waals surface area contributed by atoms with Gasteiger partial charge in [0, 0.05) is 5.75 Å². The molecule has 0 aliphatic rings. The Labute approximate surface area is 60.0 Å². The zero-order chi connectivity index (χ0) is 8.20. The molecule has 10 heavy (non-hydrogen) atoms. The number of hydrogen-bond acceptors (Lipinski definition) is 2. The Hall–Kier alpha value is -0.390. The highest BCUT2D eigenvalue weighted by atomic mass is 32.2. The molecule has 2 N–H and O–H groups in total. The average Bonchev–Trinajstić information content (AvgIpc) is 1.59. The third-order valence-corrected chi connectivity index (χ3v) is 1.32. The SMILES string of the molecule is NC(=O)SCCC(F)(F)F. The van der Waals surface area contributed by atoms with Crippen LogP contribution >= 0.6 is 11.8 Å². The molecule has 1 amide bonds. The van der Waals surface area contributed by atoms with Crippen molar-refractivity contribution in [1.82, 2.24) is 0 Å². The first-order valence-electron chi connectivity index (χ1n) is 2.41. The highest BCUT2D eigenvalue weighted by Crippen LogP contribution is 2.21. The van der Waals surface area contributed by atoms with Crippen molar-refractivity contribution < 1.29 is 18.0 Å². The van der Waals surface area contributed by atoms with E-state index in [4.69, 9.17) is 0 Å². The quantitative estimate of drug-likeness (QED) is 0.691. The second-order valence-electron chi connectivity index (χ2n) is 1.53. The number of halogens is 3. The summed E-state index contributed by atoms with van der Waals surface area (Å²) in [5.74, 6) is -0.293. The monoisotopic (exact) mass is 173 g/mol. The highest BCUT2D eigenvalue weighted by molar-refractivity contribution is 8.13. The molecule has 0 saturated heterocycles. The minimum Gasteiger partial charge on any atom is -0.361 e. The van der Waals surface area contributed by atoms with Crippen LogP contribution in [0.3, 0.4) is 0 Å². The number of primary amides is 1. The van der Waals surface area contributed by atoms with Crippen molar-refractivity contribution in [3.8, 4) is 0 Å². The number of alkyl halides is 3. The van der Waals surface area contributed by atoms with Gasteiger partial charge in [0.1, 0.15) is 0 Å². The predicted octanol–water partition coefficient (Wildman–Crippen LogP) is 1.75. The molecular weight excluding hydrogens is 167 g/mol. The first kappa shape index (κ1) is 9.61. The van der Waals surface area contributed by atoms with E-state index in [1.807, 2.05) is 0 Å². The van der Waals surface area contributed by atoms with Gasteiger partial charge in [-0.1, -0.05) is 11.8 Å². The van der Waals surface area contributed by atoms with Crippen LogP contribution in [0, 0.1) is 0 Å². The smallest absolute Gasteiger partial charge is 0.361 e. The molecule has 2 nitrogen and oxygen atoms in total. The van der Waals surface area contributed by atoms with Crippen molar-refractivity contribution in [3.63, 3.8) is 0 Å². The first-order valence-corrected chi connectivity index (χ1v) is 3.39. The normalized spacial score (nSPS) is 11.5. The Balaban J connectivity index is 3.29. The van der Waals surface area contributed by atoms with Crippen LogP contribution in [0.1, 0.15) is 6.42 Å². The summed E-state index contributed by atoms with van der Waals surface area (Å²) in [6.07, 6.45) is -5.16. The standard InChI is InChI=1S/C4H6F3NOS/c5-4(6,7)1-2-10-3(8)9/h1-2H2,(H2,8,9). The summed E-state index contributed by atoms with van der Waals surface area (Å²) in [5, 5.41) is -0.774. The molecule has 0 spiro atoms. The van der Waals surface area contributed by atoms with Crippen molar-refractivity contribution >= 4 is 17.0 Å². The van der Waals surface area contributed by atoms with Crippen molar-refractivity contribution in [2.75, 3.05) is 5.75 Å². The second-order valence-corrected chi connectivity index (χ2v) is 2.63. The molecule has 6 heteroatoms. The van der Waals surface area contributed by atoms with Gasteiger partial charge in [-0.2, -0.15) is 13.2 Å². The van der Waals surface area contributed by atoms with Crippen LogP contribution in [0.4, 0.5) is 18.0 Å². The van der Waals surface area contributed by atoms with Crippen LogP contribution in [-0.2, 0) is 0 Å². The maximum atomic E-state index is 11.3. The lowest BCUT2D eigenvalue weighted by molar-refractivity contribution is -0.129. The van der Waals surface area contributed by atoms with E-state index in [9.17, 15) is 18.0 Å². The molecule has 0 heterocycles. The number of thioether (sulfide) groups is 1. The fourth-order valence-corrected chi connectivity index (χ4v) is 0.802. The molecule has 0 aliphatic carbocycles. The summed E-state index contributed by atoms with van der Waals surface area (Å²) in [4.78, 5) is 9.90. The predicted molar refractivity (Wildman–Crippen MR) is 32.7 cm³/mol. The Morgan fingerprint density at radius 3 is 2.30 bits per heavy atom. The van der Waals surface area contributed by atoms with Crippen LogP contribution in [-0.4, -0.2) is 17.2 Å². The van der Waals surface area contributed by atoms with Crippen LogP contribution in [0.2, 0.25) is 0 Å². The molecule has 0 aliphatic heterocycles. The van der Waals surface area contributed by atoms with E-state index >= 15 is 0 Å².